The molecule has 0 radical (unpaired) electrons. The molecule has 1 aliphatic rings. The molecule has 1 amide bonds. The van der Waals surface area contributed by atoms with Crippen molar-refractivity contribution < 1.29 is 23.2 Å². The van der Waals surface area contributed by atoms with Gasteiger partial charge in [0, 0.05) is 31.9 Å². The monoisotopic (exact) mass is 452 g/mol. The summed E-state index contributed by atoms with van der Waals surface area (Å²) in [6.45, 7) is 5.65. The molecule has 3 aromatic heterocycles. The van der Waals surface area contributed by atoms with Gasteiger partial charge in [0.1, 0.15) is 6.07 Å². The molecule has 11 nitrogen and oxygen atoms in total. The number of oxazole rings is 1. The van der Waals surface area contributed by atoms with Crippen LogP contribution in [0.15, 0.2) is 33.3 Å². The van der Waals surface area contributed by atoms with Gasteiger partial charge in [0.15, 0.2) is 12.4 Å². The number of piperazine rings is 1. The molecule has 0 N–H and O–H groups in total. The van der Waals surface area contributed by atoms with Crippen LogP contribution in [0.2, 0.25) is 0 Å². The number of nitriles is 1. The molecule has 0 unspecified atom stereocenters. The number of esters is 1. The number of aryl methyl sites for hydroxylation is 3. The lowest BCUT2D eigenvalue weighted by Crippen LogP contribution is -2.50. The van der Waals surface area contributed by atoms with Crippen LogP contribution < -0.4 is 4.90 Å². The van der Waals surface area contributed by atoms with Gasteiger partial charge >= 0.3 is 5.97 Å². The molecule has 0 aliphatic carbocycles. The molecule has 11 heteroatoms. The van der Waals surface area contributed by atoms with Crippen LogP contribution in [-0.2, 0) is 20.9 Å². The van der Waals surface area contributed by atoms with E-state index < -0.39 is 5.97 Å². The SMILES string of the molecule is Cc1cc(C)n(CCC(=O)OCC(=O)N2CCN(c3oc(-c4ccco4)nc3C#N)CC2)n1. The van der Waals surface area contributed by atoms with E-state index in [1.54, 1.807) is 21.7 Å². The molecular weight excluding hydrogens is 428 g/mol. The minimum atomic E-state index is -0.444. The molecule has 0 saturated carbocycles. The molecule has 0 atom stereocenters. The molecule has 0 bridgehead atoms. The van der Waals surface area contributed by atoms with Crippen molar-refractivity contribution in [2.75, 3.05) is 37.7 Å². The highest BCUT2D eigenvalue weighted by Crippen LogP contribution is 2.29. The second-order valence-corrected chi connectivity index (χ2v) is 7.69. The second kappa shape index (κ2) is 9.60. The van der Waals surface area contributed by atoms with E-state index in [0.29, 0.717) is 44.4 Å². The number of furan rings is 1. The van der Waals surface area contributed by atoms with Crippen molar-refractivity contribution in [3.8, 4) is 17.7 Å². The summed E-state index contributed by atoms with van der Waals surface area (Å²) in [5.74, 6) is 0.319. The summed E-state index contributed by atoms with van der Waals surface area (Å²) in [6, 6.07) is 7.38. The third kappa shape index (κ3) is 5.06. The van der Waals surface area contributed by atoms with Crippen molar-refractivity contribution >= 4 is 17.8 Å². The number of carbonyl (C=O) groups is 2. The zero-order valence-electron chi connectivity index (χ0n) is 18.5. The van der Waals surface area contributed by atoms with E-state index in [9.17, 15) is 14.9 Å². The Morgan fingerprint density at radius 2 is 2.03 bits per heavy atom. The van der Waals surface area contributed by atoms with E-state index in [4.69, 9.17) is 13.6 Å². The van der Waals surface area contributed by atoms with Crippen LogP contribution in [0, 0.1) is 25.2 Å². The van der Waals surface area contributed by atoms with E-state index in [1.807, 2.05) is 30.9 Å². The van der Waals surface area contributed by atoms with Crippen molar-refractivity contribution in [3.05, 3.63) is 41.5 Å². The Labute approximate surface area is 190 Å². The summed E-state index contributed by atoms with van der Waals surface area (Å²) >= 11 is 0. The zero-order valence-corrected chi connectivity index (χ0v) is 18.5. The smallest absolute Gasteiger partial charge is 0.308 e. The Morgan fingerprint density at radius 1 is 1.24 bits per heavy atom. The highest BCUT2D eigenvalue weighted by molar-refractivity contribution is 5.81. The predicted molar refractivity (Wildman–Crippen MR) is 115 cm³/mol. The Balaban J connectivity index is 1.25. The van der Waals surface area contributed by atoms with Gasteiger partial charge in [0.2, 0.25) is 11.6 Å². The molecular formula is C22H24N6O5. The highest BCUT2D eigenvalue weighted by Gasteiger charge is 2.27. The standard InChI is InChI=1S/C22H24N6O5/c1-15-12-16(2)28(25-15)6-5-20(30)32-14-19(29)26-7-9-27(10-8-26)22-17(13-23)24-21(33-22)18-4-3-11-31-18/h3-4,11-12H,5-10,14H2,1-2H3. The summed E-state index contributed by atoms with van der Waals surface area (Å²) < 4.78 is 17.9. The molecule has 172 valence electrons. The molecule has 4 heterocycles. The quantitative estimate of drug-likeness (QED) is 0.493. The van der Waals surface area contributed by atoms with Crippen LogP contribution in [0.5, 0.6) is 0 Å². The van der Waals surface area contributed by atoms with E-state index in [2.05, 4.69) is 10.1 Å². The van der Waals surface area contributed by atoms with Crippen LogP contribution in [0.1, 0.15) is 23.5 Å². The summed E-state index contributed by atoms with van der Waals surface area (Å²) in [5.41, 5.74) is 2.02. The van der Waals surface area contributed by atoms with Gasteiger partial charge in [-0.15, -0.1) is 0 Å². The average Bonchev–Trinajstić information content (AvgIpc) is 3.55. The normalized spacial score (nSPS) is 13.7. The first-order valence-electron chi connectivity index (χ1n) is 10.6. The van der Waals surface area contributed by atoms with Gasteiger partial charge in [-0.3, -0.25) is 14.3 Å². The summed E-state index contributed by atoms with van der Waals surface area (Å²) in [5, 5.41) is 13.7. The Bertz CT molecular complexity index is 1160. The minimum absolute atomic E-state index is 0.142. The van der Waals surface area contributed by atoms with Gasteiger partial charge in [0.25, 0.3) is 11.8 Å². The first kappa shape index (κ1) is 22.1. The van der Waals surface area contributed by atoms with Gasteiger partial charge in [-0.05, 0) is 32.0 Å². The maximum atomic E-state index is 12.5. The zero-order chi connectivity index (χ0) is 23.4. The fourth-order valence-corrected chi connectivity index (χ4v) is 3.67. The van der Waals surface area contributed by atoms with Crippen molar-refractivity contribution in [1.29, 1.82) is 5.26 Å². The molecule has 1 saturated heterocycles. The number of amides is 1. The van der Waals surface area contributed by atoms with Gasteiger partial charge in [0.05, 0.1) is 24.9 Å². The summed E-state index contributed by atoms with van der Waals surface area (Å²) in [4.78, 5) is 32.2. The number of hydrogen-bond donors (Lipinski definition) is 0. The van der Waals surface area contributed by atoms with Crippen LogP contribution in [0.4, 0.5) is 5.88 Å². The number of hydrogen-bond acceptors (Lipinski definition) is 9. The Hall–Kier alpha value is -4.07. The minimum Gasteiger partial charge on any atom is -0.459 e. The predicted octanol–water partition coefficient (Wildman–Crippen LogP) is 1.90. The first-order valence-corrected chi connectivity index (χ1v) is 10.6. The number of nitrogens with zero attached hydrogens (tertiary/aromatic N) is 6. The van der Waals surface area contributed by atoms with Crippen LogP contribution in [0.3, 0.4) is 0 Å². The van der Waals surface area contributed by atoms with Crippen LogP contribution in [-0.4, -0.2) is 64.3 Å². The lowest BCUT2D eigenvalue weighted by molar-refractivity contribution is -0.152. The van der Waals surface area contributed by atoms with E-state index in [1.165, 1.54) is 6.26 Å². The molecule has 4 rings (SSSR count). The van der Waals surface area contributed by atoms with Crippen LogP contribution >= 0.6 is 0 Å². The molecule has 0 aromatic carbocycles. The van der Waals surface area contributed by atoms with Gasteiger partial charge in [-0.25, -0.2) is 0 Å². The highest BCUT2D eigenvalue weighted by atomic mass is 16.5. The fraction of sp³-hybridized carbons (Fsp3) is 0.409. The third-order valence-electron chi connectivity index (χ3n) is 5.35. The molecule has 1 aliphatic heterocycles. The van der Waals surface area contributed by atoms with E-state index in [0.717, 1.165) is 11.4 Å². The van der Waals surface area contributed by atoms with Gasteiger partial charge in [-0.2, -0.15) is 15.3 Å². The molecule has 33 heavy (non-hydrogen) atoms. The third-order valence-corrected chi connectivity index (χ3v) is 5.35. The van der Waals surface area contributed by atoms with Crippen LogP contribution in [0.25, 0.3) is 11.7 Å². The van der Waals surface area contributed by atoms with E-state index >= 15 is 0 Å². The number of ether oxygens (including phenoxy) is 1. The maximum absolute atomic E-state index is 12.5. The van der Waals surface area contributed by atoms with Crippen molar-refractivity contribution in [3.63, 3.8) is 0 Å². The average molecular weight is 452 g/mol. The number of anilines is 1. The largest absolute Gasteiger partial charge is 0.459 e. The second-order valence-electron chi connectivity index (χ2n) is 7.69. The van der Waals surface area contributed by atoms with Crippen molar-refractivity contribution in [2.24, 2.45) is 0 Å². The summed E-state index contributed by atoms with van der Waals surface area (Å²) in [6.07, 6.45) is 1.64. The topological polar surface area (TPSA) is 131 Å². The first-order chi connectivity index (χ1) is 15.9. The lowest BCUT2D eigenvalue weighted by atomic mass is 10.3. The molecule has 1 fully saturated rings. The number of aromatic nitrogens is 3. The van der Waals surface area contributed by atoms with Crippen molar-refractivity contribution in [2.45, 2.75) is 26.8 Å². The Morgan fingerprint density at radius 3 is 2.67 bits per heavy atom. The van der Waals surface area contributed by atoms with E-state index in [-0.39, 0.29) is 30.5 Å². The fourth-order valence-electron chi connectivity index (χ4n) is 3.67. The van der Waals surface area contributed by atoms with Gasteiger partial charge < -0.3 is 23.4 Å². The summed E-state index contributed by atoms with van der Waals surface area (Å²) in [7, 11) is 0. The Kier molecular flexibility index (Phi) is 6.44. The molecule has 0 spiro atoms. The number of carbonyl (C=O) groups excluding carboxylic acids is 2. The molecule has 3 aromatic rings. The van der Waals surface area contributed by atoms with Crippen molar-refractivity contribution in [1.82, 2.24) is 19.7 Å². The maximum Gasteiger partial charge on any atom is 0.308 e. The van der Waals surface area contributed by atoms with Gasteiger partial charge in [-0.1, -0.05) is 0 Å². The lowest BCUT2D eigenvalue weighted by Gasteiger charge is -2.34. The number of rotatable bonds is 7.